The molecule has 1 saturated heterocycles. The molecule has 1 aliphatic rings. The van der Waals surface area contributed by atoms with Gasteiger partial charge in [0.15, 0.2) is 0 Å². The maximum atomic E-state index is 12.3. The zero-order chi connectivity index (χ0) is 15.2. The number of nitro groups is 1. The van der Waals surface area contributed by atoms with Crippen molar-refractivity contribution in [2.24, 2.45) is 5.92 Å². The van der Waals surface area contributed by atoms with Gasteiger partial charge in [-0.2, -0.15) is 0 Å². The van der Waals surface area contributed by atoms with Crippen molar-refractivity contribution in [3.05, 3.63) is 39.9 Å². The topological polar surface area (TPSA) is 81.5 Å². The van der Waals surface area contributed by atoms with E-state index in [1.807, 2.05) is 13.0 Å². The van der Waals surface area contributed by atoms with Crippen LogP contribution in [0.1, 0.15) is 37.8 Å². The minimum absolute atomic E-state index is 0.0108. The fourth-order valence-corrected chi connectivity index (χ4v) is 2.53. The highest BCUT2D eigenvalue weighted by molar-refractivity contribution is 5.79. The average Bonchev–Trinajstić information content (AvgIpc) is 2.53. The predicted molar refractivity (Wildman–Crippen MR) is 77.8 cm³/mol. The molecule has 1 aromatic carbocycles. The van der Waals surface area contributed by atoms with Crippen LogP contribution < -0.4 is 5.32 Å². The molecule has 2 rings (SSSR count). The largest absolute Gasteiger partial charge is 0.381 e. The number of ether oxygens (including phenoxy) is 1. The third-order valence-electron chi connectivity index (χ3n) is 3.80. The normalized spacial score (nSPS) is 17.2. The highest BCUT2D eigenvalue weighted by Crippen LogP contribution is 2.23. The molecule has 1 aliphatic heterocycles. The highest BCUT2D eigenvalue weighted by Gasteiger charge is 2.24. The number of non-ortho nitro benzene ring substituents is 1. The average molecular weight is 292 g/mol. The van der Waals surface area contributed by atoms with E-state index in [4.69, 9.17) is 4.74 Å². The maximum absolute atomic E-state index is 12.3. The molecule has 1 amide bonds. The summed E-state index contributed by atoms with van der Waals surface area (Å²) >= 11 is 0. The van der Waals surface area contributed by atoms with Gasteiger partial charge in [-0.3, -0.25) is 14.9 Å². The number of nitro benzene ring substituents is 1. The first-order valence-electron chi connectivity index (χ1n) is 7.24. The number of benzene rings is 1. The van der Waals surface area contributed by atoms with Crippen LogP contribution in [0, 0.1) is 16.0 Å². The summed E-state index contributed by atoms with van der Waals surface area (Å²) in [6.45, 7) is 3.19. The predicted octanol–water partition coefficient (Wildman–Crippen LogP) is 2.59. The van der Waals surface area contributed by atoms with E-state index in [0.29, 0.717) is 19.6 Å². The van der Waals surface area contributed by atoms with Crippen molar-refractivity contribution in [2.75, 3.05) is 13.2 Å². The number of rotatable bonds is 5. The second-order valence-electron chi connectivity index (χ2n) is 5.21. The van der Waals surface area contributed by atoms with Crippen molar-refractivity contribution in [3.8, 4) is 0 Å². The molecule has 6 nitrogen and oxygen atoms in total. The lowest BCUT2D eigenvalue weighted by atomic mass is 9.97. The van der Waals surface area contributed by atoms with Gasteiger partial charge in [-0.25, -0.2) is 0 Å². The molecule has 1 N–H and O–H groups in total. The molecule has 1 unspecified atom stereocenters. The van der Waals surface area contributed by atoms with E-state index in [1.54, 1.807) is 6.07 Å². The molecule has 6 heteroatoms. The third kappa shape index (κ3) is 4.01. The van der Waals surface area contributed by atoms with E-state index in [9.17, 15) is 14.9 Å². The number of amides is 1. The van der Waals surface area contributed by atoms with Crippen LogP contribution in [0.2, 0.25) is 0 Å². The molecule has 114 valence electrons. The van der Waals surface area contributed by atoms with Crippen LogP contribution in [0.5, 0.6) is 0 Å². The van der Waals surface area contributed by atoms with Crippen LogP contribution in [0.15, 0.2) is 24.3 Å². The Hall–Kier alpha value is -1.95. The summed E-state index contributed by atoms with van der Waals surface area (Å²) in [6.07, 6.45) is 2.16. The Kier molecular flexibility index (Phi) is 5.27. The van der Waals surface area contributed by atoms with E-state index in [0.717, 1.165) is 18.4 Å². The van der Waals surface area contributed by atoms with Gasteiger partial charge >= 0.3 is 0 Å². The van der Waals surface area contributed by atoms with Gasteiger partial charge < -0.3 is 10.1 Å². The van der Waals surface area contributed by atoms with Crippen LogP contribution in [-0.2, 0) is 9.53 Å². The summed E-state index contributed by atoms with van der Waals surface area (Å²) < 4.78 is 5.25. The fourth-order valence-electron chi connectivity index (χ4n) is 2.53. The van der Waals surface area contributed by atoms with Crippen LogP contribution in [-0.4, -0.2) is 24.0 Å². The number of hydrogen-bond donors (Lipinski definition) is 1. The van der Waals surface area contributed by atoms with Crippen molar-refractivity contribution in [1.29, 1.82) is 0 Å². The number of nitrogens with zero attached hydrogens (tertiary/aromatic N) is 1. The second-order valence-corrected chi connectivity index (χ2v) is 5.21. The Morgan fingerprint density at radius 3 is 2.81 bits per heavy atom. The smallest absolute Gasteiger partial charge is 0.269 e. The summed E-state index contributed by atoms with van der Waals surface area (Å²) in [7, 11) is 0. The van der Waals surface area contributed by atoms with Crippen LogP contribution in [0.3, 0.4) is 0 Å². The minimum atomic E-state index is -0.420. The van der Waals surface area contributed by atoms with E-state index in [-0.39, 0.29) is 23.6 Å². The van der Waals surface area contributed by atoms with Gasteiger partial charge in [0, 0.05) is 31.3 Å². The van der Waals surface area contributed by atoms with E-state index in [2.05, 4.69) is 5.32 Å². The Labute approximate surface area is 123 Å². The van der Waals surface area contributed by atoms with Crippen molar-refractivity contribution in [2.45, 2.75) is 32.2 Å². The third-order valence-corrected chi connectivity index (χ3v) is 3.80. The molecule has 0 bridgehead atoms. The SMILES string of the molecule is CCC(NC(=O)C1CCOCC1)c1cccc([N+](=O)[O-])c1. The number of carbonyl (C=O) groups is 1. The Bertz CT molecular complexity index is 512. The van der Waals surface area contributed by atoms with Crippen LogP contribution in [0.4, 0.5) is 5.69 Å². The quantitative estimate of drug-likeness (QED) is 0.668. The summed E-state index contributed by atoms with van der Waals surface area (Å²) in [5, 5.41) is 13.8. The lowest BCUT2D eigenvalue weighted by Gasteiger charge is -2.24. The van der Waals surface area contributed by atoms with E-state index < -0.39 is 4.92 Å². The maximum Gasteiger partial charge on any atom is 0.269 e. The van der Waals surface area contributed by atoms with Gasteiger partial charge in [-0.05, 0) is 24.8 Å². The molecule has 0 saturated carbocycles. The van der Waals surface area contributed by atoms with Crippen molar-refractivity contribution in [1.82, 2.24) is 5.32 Å². The lowest BCUT2D eigenvalue weighted by Crippen LogP contribution is -2.36. The van der Waals surface area contributed by atoms with Gasteiger partial charge in [-0.1, -0.05) is 19.1 Å². The summed E-state index contributed by atoms with van der Waals surface area (Å²) in [5.74, 6) is -0.0110. The summed E-state index contributed by atoms with van der Waals surface area (Å²) in [6, 6.07) is 6.25. The number of nitrogens with one attached hydrogen (secondary N) is 1. The van der Waals surface area contributed by atoms with E-state index >= 15 is 0 Å². The molecule has 0 spiro atoms. The zero-order valence-electron chi connectivity index (χ0n) is 12.1. The standard InChI is InChI=1S/C15H20N2O4/c1-2-14(12-4-3-5-13(10-12)17(19)20)16-15(18)11-6-8-21-9-7-11/h3-5,10-11,14H,2,6-9H2,1H3,(H,16,18). The Morgan fingerprint density at radius 2 is 2.19 bits per heavy atom. The molecule has 1 atom stereocenters. The minimum Gasteiger partial charge on any atom is -0.381 e. The molecule has 0 aliphatic carbocycles. The van der Waals surface area contributed by atoms with Crippen LogP contribution in [0.25, 0.3) is 0 Å². The number of carbonyl (C=O) groups excluding carboxylic acids is 1. The lowest BCUT2D eigenvalue weighted by molar-refractivity contribution is -0.384. The Morgan fingerprint density at radius 1 is 1.48 bits per heavy atom. The first-order chi connectivity index (χ1) is 10.1. The van der Waals surface area contributed by atoms with Crippen molar-refractivity contribution < 1.29 is 14.5 Å². The second kappa shape index (κ2) is 7.17. The zero-order valence-corrected chi connectivity index (χ0v) is 12.1. The monoisotopic (exact) mass is 292 g/mol. The first-order valence-corrected chi connectivity index (χ1v) is 7.24. The molecule has 0 radical (unpaired) electrons. The summed E-state index contributed by atoms with van der Waals surface area (Å²) in [4.78, 5) is 22.7. The van der Waals surface area contributed by atoms with Gasteiger partial charge in [0.1, 0.15) is 0 Å². The molecular formula is C15H20N2O4. The van der Waals surface area contributed by atoms with Gasteiger partial charge in [0.2, 0.25) is 5.91 Å². The van der Waals surface area contributed by atoms with Crippen molar-refractivity contribution >= 4 is 11.6 Å². The number of hydrogen-bond acceptors (Lipinski definition) is 4. The molecule has 21 heavy (non-hydrogen) atoms. The van der Waals surface area contributed by atoms with E-state index in [1.165, 1.54) is 12.1 Å². The Balaban J connectivity index is 2.06. The molecule has 0 aromatic heterocycles. The fraction of sp³-hybridized carbons (Fsp3) is 0.533. The highest BCUT2D eigenvalue weighted by atomic mass is 16.6. The molecule has 1 fully saturated rings. The van der Waals surface area contributed by atoms with Gasteiger partial charge in [0.25, 0.3) is 5.69 Å². The van der Waals surface area contributed by atoms with Crippen LogP contribution >= 0.6 is 0 Å². The van der Waals surface area contributed by atoms with Crippen molar-refractivity contribution in [3.63, 3.8) is 0 Å². The van der Waals surface area contributed by atoms with Gasteiger partial charge in [-0.15, -0.1) is 0 Å². The van der Waals surface area contributed by atoms with Gasteiger partial charge in [0.05, 0.1) is 11.0 Å². The first kappa shape index (κ1) is 15.4. The molecule has 1 heterocycles. The molecule has 1 aromatic rings. The molecular weight excluding hydrogens is 272 g/mol. The summed E-state index contributed by atoms with van der Waals surface area (Å²) in [5.41, 5.74) is 0.818.